The second-order valence-corrected chi connectivity index (χ2v) is 4.54. The van der Waals surface area contributed by atoms with E-state index in [1.54, 1.807) is 38.6 Å². The highest BCUT2D eigenvalue weighted by Crippen LogP contribution is 2.30. The van der Waals surface area contributed by atoms with Crippen LogP contribution in [0.3, 0.4) is 0 Å². The van der Waals surface area contributed by atoms with Crippen molar-refractivity contribution in [2.75, 3.05) is 24.3 Å². The number of pyridine rings is 1. The average molecular weight is 297 g/mol. The lowest BCUT2D eigenvalue weighted by Gasteiger charge is -2.15. The zero-order valence-electron chi connectivity index (χ0n) is 11.5. The molecular weight excluding hydrogens is 283 g/mol. The minimum atomic E-state index is -4.52. The predicted molar refractivity (Wildman–Crippen MR) is 72.9 cm³/mol. The minimum absolute atomic E-state index is 0.0719. The standard InChI is InChI=1S/C13H14F3N5/c1-21(2)11-6-10(13(14,15)16)19-12(20-11)18-8-9-4-3-5-17-7-9/h3-7H,8H2,1-2H3,(H,18,19,20). The quantitative estimate of drug-likeness (QED) is 0.940. The molecule has 21 heavy (non-hydrogen) atoms. The summed E-state index contributed by atoms with van der Waals surface area (Å²) < 4.78 is 38.5. The lowest BCUT2D eigenvalue weighted by Crippen LogP contribution is -2.17. The Morgan fingerprint density at radius 1 is 1.24 bits per heavy atom. The summed E-state index contributed by atoms with van der Waals surface area (Å²) in [6.45, 7) is 0.294. The number of aromatic nitrogens is 3. The minimum Gasteiger partial charge on any atom is -0.363 e. The Balaban J connectivity index is 2.24. The molecule has 0 bridgehead atoms. The lowest BCUT2D eigenvalue weighted by atomic mass is 10.3. The summed E-state index contributed by atoms with van der Waals surface area (Å²) in [4.78, 5) is 13.0. The van der Waals surface area contributed by atoms with Crippen LogP contribution >= 0.6 is 0 Å². The molecule has 0 amide bonds. The highest BCUT2D eigenvalue weighted by molar-refractivity contribution is 5.44. The van der Waals surface area contributed by atoms with Crippen LogP contribution in [0.2, 0.25) is 0 Å². The molecule has 112 valence electrons. The van der Waals surface area contributed by atoms with E-state index >= 15 is 0 Å². The summed E-state index contributed by atoms with van der Waals surface area (Å²) in [6.07, 6.45) is -1.28. The summed E-state index contributed by atoms with van der Waals surface area (Å²) in [6, 6.07) is 4.46. The van der Waals surface area contributed by atoms with Gasteiger partial charge in [-0.2, -0.15) is 18.2 Å². The summed E-state index contributed by atoms with van der Waals surface area (Å²) in [5, 5.41) is 2.78. The van der Waals surface area contributed by atoms with Crippen molar-refractivity contribution in [3.8, 4) is 0 Å². The van der Waals surface area contributed by atoms with Crippen molar-refractivity contribution in [3.63, 3.8) is 0 Å². The van der Waals surface area contributed by atoms with E-state index in [4.69, 9.17) is 0 Å². The van der Waals surface area contributed by atoms with Crippen LogP contribution in [-0.4, -0.2) is 29.0 Å². The Labute approximate surface area is 119 Å². The van der Waals surface area contributed by atoms with Crippen molar-refractivity contribution in [1.82, 2.24) is 15.0 Å². The first-order valence-electron chi connectivity index (χ1n) is 6.12. The van der Waals surface area contributed by atoms with Crippen molar-refractivity contribution in [1.29, 1.82) is 0 Å². The molecule has 2 aromatic heterocycles. The smallest absolute Gasteiger partial charge is 0.363 e. The van der Waals surface area contributed by atoms with E-state index in [9.17, 15) is 13.2 Å². The molecule has 0 spiro atoms. The van der Waals surface area contributed by atoms with E-state index in [2.05, 4.69) is 20.3 Å². The fourth-order valence-corrected chi connectivity index (χ4v) is 1.57. The number of nitrogens with zero attached hydrogens (tertiary/aromatic N) is 4. The summed E-state index contributed by atoms with van der Waals surface area (Å²) in [7, 11) is 3.24. The van der Waals surface area contributed by atoms with Crippen molar-refractivity contribution >= 4 is 11.8 Å². The molecule has 0 saturated heterocycles. The predicted octanol–water partition coefficient (Wildman–Crippen LogP) is 2.57. The first kappa shape index (κ1) is 15.0. The van der Waals surface area contributed by atoms with Crippen molar-refractivity contribution in [3.05, 3.63) is 41.9 Å². The van der Waals surface area contributed by atoms with Gasteiger partial charge in [-0.05, 0) is 11.6 Å². The third kappa shape index (κ3) is 4.04. The second-order valence-electron chi connectivity index (χ2n) is 4.54. The molecule has 0 aliphatic rings. The number of hydrogen-bond donors (Lipinski definition) is 1. The molecule has 0 fully saturated rings. The van der Waals surface area contributed by atoms with Gasteiger partial charge in [-0.1, -0.05) is 6.07 Å². The van der Waals surface area contributed by atoms with Gasteiger partial charge in [0, 0.05) is 39.1 Å². The van der Waals surface area contributed by atoms with Crippen LogP contribution in [0.5, 0.6) is 0 Å². The van der Waals surface area contributed by atoms with Crippen LogP contribution in [-0.2, 0) is 12.7 Å². The molecule has 0 radical (unpaired) electrons. The first-order valence-corrected chi connectivity index (χ1v) is 6.12. The molecule has 2 rings (SSSR count). The van der Waals surface area contributed by atoms with E-state index in [0.717, 1.165) is 11.6 Å². The Hall–Kier alpha value is -2.38. The molecule has 5 nitrogen and oxygen atoms in total. The zero-order valence-corrected chi connectivity index (χ0v) is 11.5. The van der Waals surface area contributed by atoms with Crippen molar-refractivity contribution in [2.45, 2.75) is 12.7 Å². The number of halogens is 3. The van der Waals surface area contributed by atoms with Crippen LogP contribution in [0, 0.1) is 0 Å². The van der Waals surface area contributed by atoms with Crippen LogP contribution in [0.4, 0.5) is 24.9 Å². The van der Waals surface area contributed by atoms with E-state index < -0.39 is 11.9 Å². The molecule has 2 aromatic rings. The highest BCUT2D eigenvalue weighted by atomic mass is 19.4. The van der Waals surface area contributed by atoms with Gasteiger partial charge >= 0.3 is 6.18 Å². The van der Waals surface area contributed by atoms with E-state index in [-0.39, 0.29) is 11.8 Å². The number of hydrogen-bond acceptors (Lipinski definition) is 5. The number of rotatable bonds is 4. The summed E-state index contributed by atoms with van der Waals surface area (Å²) >= 11 is 0. The van der Waals surface area contributed by atoms with Crippen LogP contribution < -0.4 is 10.2 Å². The number of alkyl halides is 3. The molecule has 2 heterocycles. The topological polar surface area (TPSA) is 53.9 Å². The third-order valence-corrected chi connectivity index (χ3v) is 2.63. The van der Waals surface area contributed by atoms with Gasteiger partial charge in [-0.25, -0.2) is 4.98 Å². The van der Waals surface area contributed by atoms with Crippen molar-refractivity contribution in [2.24, 2.45) is 0 Å². The Bertz CT molecular complexity index is 599. The van der Waals surface area contributed by atoms with Gasteiger partial charge in [0.15, 0.2) is 5.69 Å². The molecule has 1 N–H and O–H groups in total. The molecule has 0 aliphatic carbocycles. The number of nitrogens with one attached hydrogen (secondary N) is 1. The molecule has 8 heteroatoms. The maximum atomic E-state index is 12.8. The highest BCUT2D eigenvalue weighted by Gasteiger charge is 2.33. The van der Waals surface area contributed by atoms with Crippen LogP contribution in [0.15, 0.2) is 30.6 Å². The normalized spacial score (nSPS) is 11.3. The SMILES string of the molecule is CN(C)c1cc(C(F)(F)F)nc(NCc2cccnc2)n1. The van der Waals surface area contributed by atoms with Gasteiger partial charge in [0.2, 0.25) is 5.95 Å². The largest absolute Gasteiger partial charge is 0.433 e. The maximum absolute atomic E-state index is 12.8. The van der Waals surface area contributed by atoms with Gasteiger partial charge in [0.25, 0.3) is 0 Å². The average Bonchev–Trinajstić information content (AvgIpc) is 2.45. The van der Waals surface area contributed by atoms with Gasteiger partial charge in [0.1, 0.15) is 5.82 Å². The Morgan fingerprint density at radius 2 is 2.00 bits per heavy atom. The molecule has 0 unspecified atom stereocenters. The van der Waals surface area contributed by atoms with E-state index in [0.29, 0.717) is 6.54 Å². The lowest BCUT2D eigenvalue weighted by molar-refractivity contribution is -0.141. The first-order chi connectivity index (χ1) is 9.86. The van der Waals surface area contributed by atoms with Gasteiger partial charge in [-0.3, -0.25) is 4.98 Å². The molecular formula is C13H14F3N5. The van der Waals surface area contributed by atoms with Gasteiger partial charge in [0.05, 0.1) is 0 Å². The number of anilines is 2. The zero-order chi connectivity index (χ0) is 15.5. The molecule has 0 atom stereocenters. The monoisotopic (exact) mass is 297 g/mol. The van der Waals surface area contributed by atoms with Crippen molar-refractivity contribution < 1.29 is 13.2 Å². The fraction of sp³-hybridized carbons (Fsp3) is 0.308. The summed E-state index contributed by atoms with van der Waals surface area (Å²) in [5.41, 5.74) is -0.153. The fourth-order valence-electron chi connectivity index (χ4n) is 1.57. The second kappa shape index (κ2) is 5.94. The molecule has 0 aromatic carbocycles. The summed E-state index contributed by atoms with van der Waals surface area (Å²) in [5.74, 6) is 0.114. The molecule has 0 saturated carbocycles. The third-order valence-electron chi connectivity index (χ3n) is 2.63. The molecule has 0 aliphatic heterocycles. The maximum Gasteiger partial charge on any atom is 0.433 e. The van der Waals surface area contributed by atoms with Gasteiger partial charge in [-0.15, -0.1) is 0 Å². The van der Waals surface area contributed by atoms with Crippen LogP contribution in [0.25, 0.3) is 0 Å². The van der Waals surface area contributed by atoms with Crippen LogP contribution in [0.1, 0.15) is 11.3 Å². The van der Waals surface area contributed by atoms with E-state index in [1.165, 1.54) is 4.90 Å². The van der Waals surface area contributed by atoms with E-state index in [1.807, 2.05) is 0 Å². The van der Waals surface area contributed by atoms with Gasteiger partial charge < -0.3 is 10.2 Å². The Morgan fingerprint density at radius 3 is 2.57 bits per heavy atom. The Kier molecular flexibility index (Phi) is 4.25.